The predicted molar refractivity (Wildman–Crippen MR) is 59.7 cm³/mol. The Morgan fingerprint density at radius 2 is 1.69 bits per heavy atom. The minimum absolute atomic E-state index is 0.617. The van der Waals surface area contributed by atoms with Crippen LogP contribution in [-0.2, 0) is 4.79 Å². The molecular weight excluding hydrogens is 225 g/mol. The van der Waals surface area contributed by atoms with Crippen molar-refractivity contribution in [1.82, 2.24) is 0 Å². The highest BCUT2D eigenvalue weighted by molar-refractivity contribution is 7.33. The molecule has 0 radical (unpaired) electrons. The number of rotatable bonds is 8. The lowest BCUT2D eigenvalue weighted by Gasteiger charge is -1.99. The lowest BCUT2D eigenvalue weighted by atomic mass is 10.1. The van der Waals surface area contributed by atoms with Gasteiger partial charge >= 0.3 is 0 Å². The van der Waals surface area contributed by atoms with Crippen molar-refractivity contribution in [2.75, 3.05) is 6.54 Å². The summed E-state index contributed by atoms with van der Waals surface area (Å²) in [4.78, 5) is 13.2. The molecule has 0 N–H and O–H groups in total. The molecule has 0 aromatic heterocycles. The van der Waals surface area contributed by atoms with E-state index in [0.717, 1.165) is 25.3 Å². The van der Waals surface area contributed by atoms with E-state index >= 15 is 0 Å². The van der Waals surface area contributed by atoms with E-state index in [1.165, 1.54) is 18.9 Å². The maximum atomic E-state index is 9.70. The molecule has 13 heavy (non-hydrogen) atoms. The van der Waals surface area contributed by atoms with Crippen LogP contribution in [0.4, 0.5) is 0 Å². The Morgan fingerprint density at radius 1 is 1.08 bits per heavy atom. The standard InChI is InChI=1S/C8H15Cl2NOSi/c9-13(10)7-5-3-1-2-4-6-11-8-12/h13H,1-7H2. The molecule has 0 amide bonds. The quantitative estimate of drug-likeness (QED) is 0.211. The number of halogens is 2. The summed E-state index contributed by atoms with van der Waals surface area (Å²) in [6.45, 7) is 0.617. The van der Waals surface area contributed by atoms with Gasteiger partial charge in [-0.1, -0.05) is 25.7 Å². The summed E-state index contributed by atoms with van der Waals surface area (Å²) >= 11 is 11.4. The van der Waals surface area contributed by atoms with E-state index in [1.807, 2.05) is 0 Å². The third-order valence-electron chi connectivity index (χ3n) is 1.76. The summed E-state index contributed by atoms with van der Waals surface area (Å²) in [6, 6.07) is 1.01. The maximum Gasteiger partial charge on any atom is 0.237 e. The van der Waals surface area contributed by atoms with Crippen molar-refractivity contribution in [3.63, 3.8) is 0 Å². The molecule has 0 saturated heterocycles. The zero-order valence-electron chi connectivity index (χ0n) is 7.64. The van der Waals surface area contributed by atoms with Crippen molar-refractivity contribution < 1.29 is 4.79 Å². The Bertz CT molecular complexity index is 160. The molecule has 0 unspecified atom stereocenters. The summed E-state index contributed by atoms with van der Waals surface area (Å²) in [5.74, 6) is 0. The van der Waals surface area contributed by atoms with Crippen molar-refractivity contribution in [2.24, 2.45) is 4.99 Å². The van der Waals surface area contributed by atoms with Gasteiger partial charge in [0.2, 0.25) is 13.5 Å². The Balaban J connectivity index is 2.95. The molecule has 0 aliphatic rings. The Kier molecular flexibility index (Phi) is 10.4. The van der Waals surface area contributed by atoms with Gasteiger partial charge in [-0.15, -0.1) is 0 Å². The van der Waals surface area contributed by atoms with Gasteiger partial charge in [0, 0.05) is 0 Å². The molecule has 0 saturated carbocycles. The second-order valence-electron chi connectivity index (χ2n) is 2.92. The van der Waals surface area contributed by atoms with Crippen LogP contribution >= 0.6 is 22.2 Å². The molecular formula is C8H15Cl2NOSi. The molecule has 5 heteroatoms. The van der Waals surface area contributed by atoms with Crippen LogP contribution in [0, 0.1) is 0 Å². The van der Waals surface area contributed by atoms with Crippen molar-refractivity contribution in [3.8, 4) is 0 Å². The SMILES string of the molecule is O=C=NCCCCCCC[SiH](Cl)Cl. The van der Waals surface area contributed by atoms with Gasteiger partial charge in [0.1, 0.15) is 0 Å². The van der Waals surface area contributed by atoms with Crippen molar-refractivity contribution >= 4 is 35.7 Å². The molecule has 0 aromatic carbocycles. The average molecular weight is 240 g/mol. The smallest absolute Gasteiger partial charge is 0.211 e. The lowest BCUT2D eigenvalue weighted by molar-refractivity contribution is 0.560. The fraction of sp³-hybridized carbons (Fsp3) is 0.875. The largest absolute Gasteiger partial charge is 0.237 e. The second kappa shape index (κ2) is 10.3. The van der Waals surface area contributed by atoms with E-state index in [1.54, 1.807) is 0 Å². The fourth-order valence-electron chi connectivity index (χ4n) is 1.07. The Morgan fingerprint density at radius 3 is 2.31 bits per heavy atom. The fourth-order valence-corrected chi connectivity index (χ4v) is 2.59. The number of carbonyl (C=O) groups excluding carboxylic acids is 1. The first-order chi connectivity index (χ1) is 6.27. The van der Waals surface area contributed by atoms with Crippen LogP contribution in [0.2, 0.25) is 6.04 Å². The highest BCUT2D eigenvalue weighted by atomic mass is 35.7. The van der Waals surface area contributed by atoms with Crippen LogP contribution in [0.3, 0.4) is 0 Å². The third-order valence-corrected chi connectivity index (χ3v) is 3.91. The lowest BCUT2D eigenvalue weighted by Crippen LogP contribution is -1.91. The highest BCUT2D eigenvalue weighted by Crippen LogP contribution is 2.11. The van der Waals surface area contributed by atoms with Gasteiger partial charge in [-0.05, 0) is 12.5 Å². The Hall–Kier alpha value is 0.177. The summed E-state index contributed by atoms with van der Waals surface area (Å²) in [5.41, 5.74) is 0. The molecule has 0 heterocycles. The van der Waals surface area contributed by atoms with Gasteiger partial charge in [-0.2, -0.15) is 22.2 Å². The Labute approximate surface area is 90.3 Å². The van der Waals surface area contributed by atoms with Gasteiger partial charge in [0.15, 0.2) is 0 Å². The molecule has 0 fully saturated rings. The maximum absolute atomic E-state index is 9.70. The van der Waals surface area contributed by atoms with Gasteiger partial charge in [0.25, 0.3) is 0 Å². The molecule has 0 aromatic rings. The molecule has 0 rings (SSSR count). The number of hydrogen-bond donors (Lipinski definition) is 0. The minimum Gasteiger partial charge on any atom is -0.211 e. The number of unbranched alkanes of at least 4 members (excludes halogenated alkanes) is 4. The van der Waals surface area contributed by atoms with Crippen LogP contribution in [0.5, 0.6) is 0 Å². The van der Waals surface area contributed by atoms with Gasteiger partial charge in [-0.25, -0.2) is 9.79 Å². The monoisotopic (exact) mass is 239 g/mol. The van der Waals surface area contributed by atoms with Gasteiger partial charge < -0.3 is 0 Å². The van der Waals surface area contributed by atoms with Crippen LogP contribution in [0.1, 0.15) is 32.1 Å². The topological polar surface area (TPSA) is 29.4 Å². The van der Waals surface area contributed by atoms with Crippen LogP contribution in [-0.4, -0.2) is 20.0 Å². The second-order valence-corrected chi connectivity index (χ2v) is 8.11. The normalized spacial score (nSPS) is 10.1. The number of aliphatic imine (C=N–C) groups is 1. The summed E-state index contributed by atoms with van der Waals surface area (Å²) in [7, 11) is -1.37. The molecule has 2 nitrogen and oxygen atoms in total. The van der Waals surface area contributed by atoms with Gasteiger partial charge in [0.05, 0.1) is 6.54 Å². The average Bonchev–Trinajstić information content (AvgIpc) is 2.09. The third kappa shape index (κ3) is 12.2. The summed E-state index contributed by atoms with van der Waals surface area (Å²) < 4.78 is 0. The number of nitrogens with zero attached hydrogens (tertiary/aromatic N) is 1. The molecule has 76 valence electrons. The van der Waals surface area contributed by atoms with E-state index in [9.17, 15) is 4.79 Å². The number of hydrogen-bond acceptors (Lipinski definition) is 2. The molecule has 0 aliphatic carbocycles. The van der Waals surface area contributed by atoms with Crippen molar-refractivity contribution in [3.05, 3.63) is 0 Å². The minimum atomic E-state index is -1.37. The zero-order chi connectivity index (χ0) is 9.94. The highest BCUT2D eigenvalue weighted by Gasteiger charge is 2.00. The van der Waals surface area contributed by atoms with Crippen molar-refractivity contribution in [1.29, 1.82) is 0 Å². The van der Waals surface area contributed by atoms with E-state index in [4.69, 9.17) is 22.2 Å². The first kappa shape index (κ1) is 13.2. The molecule has 0 aliphatic heterocycles. The summed E-state index contributed by atoms with van der Waals surface area (Å²) in [5, 5.41) is 0. The number of isocyanates is 1. The van der Waals surface area contributed by atoms with E-state index < -0.39 is 7.42 Å². The summed E-state index contributed by atoms with van der Waals surface area (Å²) in [6.07, 6.45) is 7.15. The molecule has 0 atom stereocenters. The van der Waals surface area contributed by atoms with Crippen molar-refractivity contribution in [2.45, 2.75) is 38.1 Å². The molecule has 0 spiro atoms. The molecule has 0 bridgehead atoms. The zero-order valence-corrected chi connectivity index (χ0v) is 10.3. The van der Waals surface area contributed by atoms with Crippen LogP contribution in [0.15, 0.2) is 4.99 Å². The van der Waals surface area contributed by atoms with E-state index in [-0.39, 0.29) is 0 Å². The van der Waals surface area contributed by atoms with Gasteiger partial charge in [-0.3, -0.25) is 0 Å². The first-order valence-electron chi connectivity index (χ1n) is 4.59. The van der Waals surface area contributed by atoms with Crippen LogP contribution in [0.25, 0.3) is 0 Å². The first-order valence-corrected chi connectivity index (χ1v) is 8.90. The van der Waals surface area contributed by atoms with E-state index in [0.29, 0.717) is 6.54 Å². The predicted octanol–water partition coefficient (Wildman–Crippen LogP) is 2.97. The van der Waals surface area contributed by atoms with Crippen LogP contribution < -0.4 is 0 Å². The van der Waals surface area contributed by atoms with E-state index in [2.05, 4.69) is 4.99 Å².